The van der Waals surface area contributed by atoms with Gasteiger partial charge in [-0.25, -0.2) is 18.7 Å². The number of carbonyl (C=O) groups is 1. The Balaban J connectivity index is 1.31. The van der Waals surface area contributed by atoms with E-state index in [1.165, 1.54) is 6.20 Å². The van der Waals surface area contributed by atoms with Gasteiger partial charge in [0.2, 0.25) is 23.8 Å². The molecule has 3 aliphatic rings. The summed E-state index contributed by atoms with van der Waals surface area (Å²) >= 11 is 0. The van der Waals surface area contributed by atoms with E-state index in [1.54, 1.807) is 0 Å². The van der Waals surface area contributed by atoms with Gasteiger partial charge in [0.15, 0.2) is 5.82 Å². The fourth-order valence-electron chi connectivity index (χ4n) is 5.11. The first-order chi connectivity index (χ1) is 19.4. The Morgan fingerprint density at radius 2 is 1.98 bits per heavy atom. The van der Waals surface area contributed by atoms with E-state index in [9.17, 15) is 13.6 Å². The average Bonchev–Trinajstić information content (AvgIpc) is 2.97. The third kappa shape index (κ3) is 6.70. The van der Waals surface area contributed by atoms with E-state index in [1.807, 2.05) is 21.6 Å². The second-order valence-electron chi connectivity index (χ2n) is 10.2. The van der Waals surface area contributed by atoms with E-state index in [2.05, 4.69) is 25.3 Å². The van der Waals surface area contributed by atoms with Crippen LogP contribution in [0.2, 0.25) is 0 Å². The number of amides is 1. The van der Waals surface area contributed by atoms with Crippen LogP contribution in [0.5, 0.6) is 0 Å². The number of anilines is 3. The van der Waals surface area contributed by atoms with Gasteiger partial charge >= 0.3 is 0 Å². The largest absolute Gasteiger partial charge is 0.377 e. The van der Waals surface area contributed by atoms with Crippen molar-refractivity contribution in [2.75, 3.05) is 81.2 Å². The summed E-state index contributed by atoms with van der Waals surface area (Å²) in [6, 6.07) is -0.0184. The van der Waals surface area contributed by atoms with Crippen molar-refractivity contribution < 1.29 is 23.0 Å². The lowest BCUT2D eigenvalue weighted by Gasteiger charge is -2.36. The standard InChI is InChI=1S/C25H36F2N10O3/c1-16-15-39-12-10-37(16)25-33-22(18-14-30-23(28)31-20(18)21(26)27)32-24(34-25)36-8-6-35(7-9-36)19(38)4-11-40-17-3-2-5-29-13-17/h14,16-17,21,29H,2-13,15H2,1H3,(H2,28,30,31)/t16-,17+/m0/s1. The number of ether oxygens (including phenoxy) is 2. The molecule has 0 radical (unpaired) electrons. The monoisotopic (exact) mass is 562 g/mol. The number of nitrogen functional groups attached to an aromatic ring is 1. The van der Waals surface area contributed by atoms with E-state index in [0.717, 1.165) is 25.9 Å². The van der Waals surface area contributed by atoms with Crippen molar-refractivity contribution in [3.63, 3.8) is 0 Å². The number of nitrogens with two attached hydrogens (primary N) is 1. The lowest BCUT2D eigenvalue weighted by molar-refractivity contribution is -0.133. The number of piperazine rings is 1. The van der Waals surface area contributed by atoms with Crippen LogP contribution < -0.4 is 20.9 Å². The Hall–Kier alpha value is -3.30. The maximum atomic E-state index is 13.9. The van der Waals surface area contributed by atoms with Crippen molar-refractivity contribution in [3.05, 3.63) is 11.9 Å². The molecule has 40 heavy (non-hydrogen) atoms. The number of nitrogens with zero attached hydrogens (tertiary/aromatic N) is 8. The number of hydrogen-bond acceptors (Lipinski definition) is 12. The number of halogens is 2. The van der Waals surface area contributed by atoms with Crippen LogP contribution in [0.4, 0.5) is 26.6 Å². The van der Waals surface area contributed by atoms with Crippen molar-refractivity contribution in [2.45, 2.75) is 44.8 Å². The minimum Gasteiger partial charge on any atom is -0.377 e. The van der Waals surface area contributed by atoms with Gasteiger partial charge in [0, 0.05) is 45.5 Å². The fourth-order valence-corrected chi connectivity index (χ4v) is 5.11. The summed E-state index contributed by atoms with van der Waals surface area (Å²) < 4.78 is 39.2. The highest BCUT2D eigenvalue weighted by molar-refractivity contribution is 5.76. The van der Waals surface area contributed by atoms with E-state index in [-0.39, 0.29) is 35.4 Å². The third-order valence-corrected chi connectivity index (χ3v) is 7.36. The second-order valence-corrected chi connectivity index (χ2v) is 10.2. The zero-order valence-electron chi connectivity index (χ0n) is 22.6. The van der Waals surface area contributed by atoms with Crippen LogP contribution in [-0.4, -0.2) is 114 Å². The molecule has 3 fully saturated rings. The molecule has 5 rings (SSSR count). The van der Waals surface area contributed by atoms with Crippen molar-refractivity contribution in [1.29, 1.82) is 0 Å². The van der Waals surface area contributed by atoms with Crippen molar-refractivity contribution in [2.24, 2.45) is 0 Å². The minimum atomic E-state index is -2.89. The molecule has 218 valence electrons. The van der Waals surface area contributed by atoms with Gasteiger partial charge in [0.05, 0.1) is 44.0 Å². The topological polar surface area (TPSA) is 148 Å². The molecule has 15 heteroatoms. The Morgan fingerprint density at radius 1 is 1.18 bits per heavy atom. The molecule has 2 aromatic rings. The summed E-state index contributed by atoms with van der Waals surface area (Å²) in [6.07, 6.45) is 0.924. The van der Waals surface area contributed by atoms with Crippen LogP contribution in [0, 0.1) is 0 Å². The lowest BCUT2D eigenvalue weighted by atomic mass is 10.1. The Labute approximate surface area is 231 Å². The number of carbonyl (C=O) groups excluding carboxylic acids is 1. The molecular formula is C25H36F2N10O3. The van der Waals surface area contributed by atoms with E-state index < -0.39 is 12.1 Å². The van der Waals surface area contributed by atoms with Crippen molar-refractivity contribution >= 4 is 23.8 Å². The first-order valence-corrected chi connectivity index (χ1v) is 13.8. The number of aromatic nitrogens is 5. The zero-order valence-corrected chi connectivity index (χ0v) is 22.6. The molecule has 0 unspecified atom stereocenters. The summed E-state index contributed by atoms with van der Waals surface area (Å²) in [6.45, 7) is 7.71. The highest BCUT2D eigenvalue weighted by Gasteiger charge is 2.29. The minimum absolute atomic E-state index is 0.00279. The van der Waals surface area contributed by atoms with Gasteiger partial charge in [-0.15, -0.1) is 0 Å². The van der Waals surface area contributed by atoms with Crippen LogP contribution in [0.15, 0.2) is 6.20 Å². The van der Waals surface area contributed by atoms with E-state index in [0.29, 0.717) is 70.9 Å². The first kappa shape index (κ1) is 28.2. The maximum absolute atomic E-state index is 13.9. The molecular weight excluding hydrogens is 526 g/mol. The fraction of sp³-hybridized carbons (Fsp3) is 0.680. The van der Waals surface area contributed by atoms with Crippen LogP contribution >= 0.6 is 0 Å². The zero-order chi connectivity index (χ0) is 28.1. The van der Waals surface area contributed by atoms with Gasteiger partial charge < -0.3 is 35.2 Å². The van der Waals surface area contributed by atoms with Gasteiger partial charge in [-0.05, 0) is 26.3 Å². The summed E-state index contributed by atoms with van der Waals surface area (Å²) in [5, 5.41) is 3.31. The molecule has 5 heterocycles. The summed E-state index contributed by atoms with van der Waals surface area (Å²) in [5.74, 6) is 0.540. The molecule has 3 N–H and O–H groups in total. The smallest absolute Gasteiger partial charge is 0.281 e. The Bertz CT molecular complexity index is 1160. The van der Waals surface area contributed by atoms with E-state index >= 15 is 0 Å². The molecule has 0 bridgehead atoms. The van der Waals surface area contributed by atoms with Crippen molar-refractivity contribution in [1.82, 2.24) is 35.1 Å². The van der Waals surface area contributed by atoms with Gasteiger partial charge in [-0.1, -0.05) is 0 Å². The Morgan fingerprint density at radius 3 is 2.70 bits per heavy atom. The number of piperidine rings is 1. The normalized spacial score (nSPS) is 22.1. The molecule has 3 saturated heterocycles. The molecule has 13 nitrogen and oxygen atoms in total. The molecule has 0 spiro atoms. The van der Waals surface area contributed by atoms with Crippen molar-refractivity contribution in [3.8, 4) is 11.4 Å². The van der Waals surface area contributed by atoms with E-state index in [4.69, 9.17) is 20.2 Å². The molecule has 0 aromatic carbocycles. The second kappa shape index (κ2) is 12.9. The molecule has 2 aromatic heterocycles. The average molecular weight is 563 g/mol. The molecule has 0 aliphatic carbocycles. The van der Waals surface area contributed by atoms with Crippen LogP contribution in [0.1, 0.15) is 38.3 Å². The quantitative estimate of drug-likeness (QED) is 0.471. The number of nitrogens with one attached hydrogen (secondary N) is 1. The van der Waals surface area contributed by atoms with Gasteiger partial charge in [-0.3, -0.25) is 4.79 Å². The van der Waals surface area contributed by atoms with Gasteiger partial charge in [0.1, 0.15) is 5.69 Å². The maximum Gasteiger partial charge on any atom is 0.281 e. The Kier molecular flexibility index (Phi) is 9.11. The number of hydrogen-bond donors (Lipinski definition) is 2. The SMILES string of the molecule is C[C@H]1COCCN1c1nc(-c2cnc(N)nc2C(F)F)nc(N2CCN(C(=O)CCO[C@@H]3CCCNC3)CC2)n1. The van der Waals surface area contributed by atoms with Gasteiger partial charge in [-0.2, -0.15) is 15.0 Å². The highest BCUT2D eigenvalue weighted by atomic mass is 19.3. The summed E-state index contributed by atoms with van der Waals surface area (Å²) in [4.78, 5) is 40.0. The molecule has 0 saturated carbocycles. The predicted molar refractivity (Wildman–Crippen MR) is 143 cm³/mol. The lowest BCUT2D eigenvalue weighted by Crippen LogP contribution is -2.50. The van der Waals surface area contributed by atoms with Crippen LogP contribution in [-0.2, 0) is 14.3 Å². The summed E-state index contributed by atoms with van der Waals surface area (Å²) in [7, 11) is 0. The third-order valence-electron chi connectivity index (χ3n) is 7.36. The molecule has 2 atom stereocenters. The number of morpholine rings is 1. The first-order valence-electron chi connectivity index (χ1n) is 13.8. The number of alkyl halides is 2. The van der Waals surface area contributed by atoms with Crippen LogP contribution in [0.25, 0.3) is 11.4 Å². The van der Waals surface area contributed by atoms with Crippen LogP contribution in [0.3, 0.4) is 0 Å². The molecule has 3 aliphatic heterocycles. The predicted octanol–water partition coefficient (Wildman–Crippen LogP) is 0.881. The molecule has 1 amide bonds. The number of rotatable bonds is 8. The van der Waals surface area contributed by atoms with Gasteiger partial charge in [0.25, 0.3) is 6.43 Å². The highest BCUT2D eigenvalue weighted by Crippen LogP contribution is 2.30. The summed E-state index contributed by atoms with van der Waals surface area (Å²) in [5.41, 5.74) is 5.04.